The Hall–Kier alpha value is -3.13. The Morgan fingerprint density at radius 1 is 1.24 bits per heavy atom. The van der Waals surface area contributed by atoms with Crippen molar-refractivity contribution in [2.45, 2.75) is 12.5 Å². The molecule has 1 atom stereocenters. The second-order valence-corrected chi connectivity index (χ2v) is 7.09. The van der Waals surface area contributed by atoms with Crippen molar-refractivity contribution < 1.29 is 19.1 Å². The Morgan fingerprint density at radius 2 is 2.07 bits per heavy atom. The molecule has 2 amide bonds. The number of methoxy groups -OCH3 is 1. The maximum Gasteiger partial charge on any atom is 0.255 e. The summed E-state index contributed by atoms with van der Waals surface area (Å²) < 4.78 is 10.5. The van der Waals surface area contributed by atoms with Gasteiger partial charge in [-0.1, -0.05) is 6.07 Å². The first-order chi connectivity index (χ1) is 14.1. The van der Waals surface area contributed by atoms with E-state index in [0.29, 0.717) is 56.4 Å². The molecule has 2 aliphatic heterocycles. The molecule has 8 heteroatoms. The number of ether oxygens (including phenoxy) is 2. The third-order valence-corrected chi connectivity index (χ3v) is 5.15. The van der Waals surface area contributed by atoms with Crippen molar-refractivity contribution in [2.24, 2.45) is 0 Å². The largest absolute Gasteiger partial charge is 0.497 e. The van der Waals surface area contributed by atoms with Gasteiger partial charge in [0, 0.05) is 44.0 Å². The molecule has 2 fully saturated rings. The molecule has 0 aliphatic carbocycles. The number of amides is 2. The van der Waals surface area contributed by atoms with Gasteiger partial charge in [-0.2, -0.15) is 0 Å². The highest BCUT2D eigenvalue weighted by molar-refractivity contribution is 5.97. The SMILES string of the molecule is COc1cccc(N2CC(Nc3ccc(C(=O)N4CCOCC4)cn3)CC2=O)c1. The van der Waals surface area contributed by atoms with Gasteiger partial charge in [-0.3, -0.25) is 9.59 Å². The quantitative estimate of drug-likeness (QED) is 0.830. The third-order valence-electron chi connectivity index (χ3n) is 5.15. The molecular weight excluding hydrogens is 372 g/mol. The molecule has 8 nitrogen and oxygen atoms in total. The van der Waals surface area contributed by atoms with E-state index in [0.717, 1.165) is 5.69 Å². The maximum absolute atomic E-state index is 12.5. The fourth-order valence-corrected chi connectivity index (χ4v) is 3.60. The highest BCUT2D eigenvalue weighted by Gasteiger charge is 2.31. The monoisotopic (exact) mass is 396 g/mol. The molecule has 3 heterocycles. The number of nitrogens with one attached hydrogen (secondary N) is 1. The van der Waals surface area contributed by atoms with E-state index in [1.165, 1.54) is 0 Å². The molecular formula is C21H24N4O4. The summed E-state index contributed by atoms with van der Waals surface area (Å²) in [7, 11) is 1.61. The average Bonchev–Trinajstić information content (AvgIpc) is 3.14. The lowest BCUT2D eigenvalue weighted by Crippen LogP contribution is -2.40. The molecule has 0 saturated carbocycles. The van der Waals surface area contributed by atoms with Crippen LogP contribution in [0.3, 0.4) is 0 Å². The van der Waals surface area contributed by atoms with E-state index < -0.39 is 0 Å². The highest BCUT2D eigenvalue weighted by atomic mass is 16.5. The van der Waals surface area contributed by atoms with Crippen LogP contribution in [-0.2, 0) is 9.53 Å². The van der Waals surface area contributed by atoms with E-state index >= 15 is 0 Å². The minimum absolute atomic E-state index is 0.0346. The lowest BCUT2D eigenvalue weighted by Gasteiger charge is -2.26. The molecule has 0 bridgehead atoms. The number of pyridine rings is 1. The summed E-state index contributed by atoms with van der Waals surface area (Å²) in [5, 5.41) is 3.30. The van der Waals surface area contributed by atoms with Gasteiger partial charge in [0.1, 0.15) is 11.6 Å². The van der Waals surface area contributed by atoms with E-state index in [9.17, 15) is 9.59 Å². The molecule has 1 aromatic carbocycles. The van der Waals surface area contributed by atoms with Crippen molar-refractivity contribution in [2.75, 3.05) is 50.2 Å². The first-order valence-corrected chi connectivity index (χ1v) is 9.68. The number of aromatic nitrogens is 1. The molecule has 2 saturated heterocycles. The molecule has 2 aromatic rings. The van der Waals surface area contributed by atoms with Crippen LogP contribution in [0, 0.1) is 0 Å². The second-order valence-electron chi connectivity index (χ2n) is 7.09. The normalized spacial score (nSPS) is 19.3. The Morgan fingerprint density at radius 3 is 2.79 bits per heavy atom. The van der Waals surface area contributed by atoms with Crippen LogP contribution < -0.4 is 15.0 Å². The van der Waals surface area contributed by atoms with Crippen molar-refractivity contribution in [1.82, 2.24) is 9.88 Å². The fourth-order valence-electron chi connectivity index (χ4n) is 3.60. The van der Waals surface area contributed by atoms with Crippen molar-refractivity contribution in [1.29, 1.82) is 0 Å². The van der Waals surface area contributed by atoms with Crippen LogP contribution in [0.4, 0.5) is 11.5 Å². The zero-order chi connectivity index (χ0) is 20.2. The van der Waals surface area contributed by atoms with E-state index in [-0.39, 0.29) is 17.9 Å². The number of carbonyl (C=O) groups excluding carboxylic acids is 2. The maximum atomic E-state index is 12.5. The molecule has 0 spiro atoms. The van der Waals surface area contributed by atoms with Gasteiger partial charge in [-0.15, -0.1) is 0 Å². The summed E-state index contributed by atoms with van der Waals surface area (Å²) in [6.07, 6.45) is 1.96. The molecule has 1 N–H and O–H groups in total. The number of anilines is 2. The van der Waals surface area contributed by atoms with Crippen LogP contribution >= 0.6 is 0 Å². The minimum Gasteiger partial charge on any atom is -0.497 e. The molecule has 152 valence electrons. The van der Waals surface area contributed by atoms with E-state index in [4.69, 9.17) is 9.47 Å². The van der Waals surface area contributed by atoms with E-state index in [1.54, 1.807) is 35.2 Å². The van der Waals surface area contributed by atoms with Gasteiger partial charge in [-0.25, -0.2) is 4.98 Å². The van der Waals surface area contributed by atoms with Gasteiger partial charge < -0.3 is 24.6 Å². The van der Waals surface area contributed by atoms with Crippen molar-refractivity contribution in [3.05, 3.63) is 48.2 Å². The summed E-state index contributed by atoms with van der Waals surface area (Å²) >= 11 is 0. The number of rotatable bonds is 5. The van der Waals surface area contributed by atoms with Crippen LogP contribution in [0.1, 0.15) is 16.8 Å². The average molecular weight is 396 g/mol. The van der Waals surface area contributed by atoms with Crippen LogP contribution in [0.5, 0.6) is 5.75 Å². The Kier molecular flexibility index (Phi) is 5.62. The summed E-state index contributed by atoms with van der Waals surface area (Å²) in [6.45, 7) is 2.88. The summed E-state index contributed by atoms with van der Waals surface area (Å²) in [5.41, 5.74) is 1.37. The number of hydrogen-bond donors (Lipinski definition) is 1. The zero-order valence-electron chi connectivity index (χ0n) is 16.3. The first-order valence-electron chi connectivity index (χ1n) is 9.68. The minimum atomic E-state index is -0.0537. The van der Waals surface area contributed by atoms with Crippen LogP contribution in [-0.4, -0.2) is 67.7 Å². The standard InChI is InChI=1S/C21H24N4O4/c1-28-18-4-2-3-17(12-18)25-14-16(11-20(25)26)23-19-6-5-15(13-22-19)21(27)24-7-9-29-10-8-24/h2-6,12-13,16H,7-11,14H2,1H3,(H,22,23). The molecule has 1 aromatic heterocycles. The Labute approximate surface area is 169 Å². The van der Waals surface area contributed by atoms with Crippen molar-refractivity contribution in [3.63, 3.8) is 0 Å². The van der Waals surface area contributed by atoms with Gasteiger partial charge in [-0.05, 0) is 24.3 Å². The van der Waals surface area contributed by atoms with Gasteiger partial charge in [0.2, 0.25) is 5.91 Å². The van der Waals surface area contributed by atoms with E-state index in [2.05, 4.69) is 10.3 Å². The predicted molar refractivity (Wildman–Crippen MR) is 108 cm³/mol. The fraction of sp³-hybridized carbons (Fsp3) is 0.381. The van der Waals surface area contributed by atoms with Crippen molar-refractivity contribution >= 4 is 23.3 Å². The number of carbonyl (C=O) groups is 2. The second kappa shape index (κ2) is 8.48. The number of morpholine rings is 1. The van der Waals surface area contributed by atoms with Crippen LogP contribution in [0.2, 0.25) is 0 Å². The number of hydrogen-bond acceptors (Lipinski definition) is 6. The molecule has 2 aliphatic rings. The first kappa shape index (κ1) is 19.2. The van der Waals surface area contributed by atoms with Gasteiger partial charge >= 0.3 is 0 Å². The third kappa shape index (κ3) is 4.32. The molecule has 0 radical (unpaired) electrons. The molecule has 4 rings (SSSR count). The summed E-state index contributed by atoms with van der Waals surface area (Å²) in [4.78, 5) is 32.8. The number of nitrogens with zero attached hydrogens (tertiary/aromatic N) is 3. The summed E-state index contributed by atoms with van der Waals surface area (Å²) in [5.74, 6) is 1.38. The predicted octanol–water partition coefficient (Wildman–Crippen LogP) is 1.78. The smallest absolute Gasteiger partial charge is 0.255 e. The zero-order valence-corrected chi connectivity index (χ0v) is 16.3. The lowest BCUT2D eigenvalue weighted by atomic mass is 10.2. The Balaban J connectivity index is 1.38. The van der Waals surface area contributed by atoms with Crippen LogP contribution in [0.15, 0.2) is 42.6 Å². The summed E-state index contributed by atoms with van der Waals surface area (Å²) in [6, 6.07) is 11.0. The Bertz CT molecular complexity index is 881. The van der Waals surface area contributed by atoms with Crippen LogP contribution in [0.25, 0.3) is 0 Å². The number of benzene rings is 1. The highest BCUT2D eigenvalue weighted by Crippen LogP contribution is 2.26. The van der Waals surface area contributed by atoms with Crippen molar-refractivity contribution in [3.8, 4) is 5.75 Å². The lowest BCUT2D eigenvalue weighted by molar-refractivity contribution is -0.117. The van der Waals surface area contributed by atoms with E-state index in [1.807, 2.05) is 24.3 Å². The van der Waals surface area contributed by atoms with Gasteiger partial charge in [0.15, 0.2) is 0 Å². The molecule has 1 unspecified atom stereocenters. The van der Waals surface area contributed by atoms with Gasteiger partial charge in [0.25, 0.3) is 5.91 Å². The topological polar surface area (TPSA) is 84.0 Å². The molecule has 29 heavy (non-hydrogen) atoms. The van der Waals surface area contributed by atoms with Gasteiger partial charge in [0.05, 0.1) is 31.9 Å².